The third-order valence-electron chi connectivity index (χ3n) is 4.49. The van der Waals surface area contributed by atoms with Crippen molar-refractivity contribution in [3.63, 3.8) is 0 Å². The number of aromatic nitrogens is 1. The predicted molar refractivity (Wildman–Crippen MR) is 86.1 cm³/mol. The molecule has 0 bridgehead atoms. The molecule has 2 nitrogen and oxygen atoms in total. The summed E-state index contributed by atoms with van der Waals surface area (Å²) in [6.07, 6.45) is 5.54. The van der Waals surface area contributed by atoms with Crippen LogP contribution in [0.25, 0.3) is 10.9 Å². The van der Waals surface area contributed by atoms with Crippen LogP contribution in [-0.4, -0.2) is 11.5 Å². The summed E-state index contributed by atoms with van der Waals surface area (Å²) in [5.41, 5.74) is 2.23. The fourth-order valence-corrected chi connectivity index (χ4v) is 3.71. The molecule has 0 radical (unpaired) electrons. The Morgan fingerprint density at radius 1 is 1.30 bits per heavy atom. The van der Waals surface area contributed by atoms with Gasteiger partial charge in [-0.1, -0.05) is 49.6 Å². The Kier molecular flexibility index (Phi) is 4.32. The van der Waals surface area contributed by atoms with E-state index in [0.717, 1.165) is 46.5 Å². The van der Waals surface area contributed by atoms with Gasteiger partial charge in [0.2, 0.25) is 0 Å². The van der Waals surface area contributed by atoms with Crippen LogP contribution in [-0.2, 0) is 6.54 Å². The van der Waals surface area contributed by atoms with Crippen LogP contribution in [0.3, 0.4) is 0 Å². The molecule has 1 saturated carbocycles. The second-order valence-corrected chi connectivity index (χ2v) is 6.61. The van der Waals surface area contributed by atoms with Crippen LogP contribution in [0.15, 0.2) is 24.3 Å². The molecule has 1 aliphatic carbocycles. The molecular weight excluding hydrogens is 268 g/mol. The summed E-state index contributed by atoms with van der Waals surface area (Å²) in [5, 5.41) is 5.57. The van der Waals surface area contributed by atoms with Crippen molar-refractivity contribution in [1.29, 1.82) is 0 Å². The lowest BCUT2D eigenvalue weighted by Crippen LogP contribution is -2.26. The quantitative estimate of drug-likeness (QED) is 0.836. The molecule has 1 aliphatic rings. The number of hydrogen-bond donors (Lipinski definition) is 2. The van der Waals surface area contributed by atoms with Crippen LogP contribution in [0.4, 0.5) is 0 Å². The fourth-order valence-electron chi connectivity index (χ4n) is 3.43. The highest BCUT2D eigenvalue weighted by molar-refractivity contribution is 6.36. The van der Waals surface area contributed by atoms with Gasteiger partial charge in [-0.05, 0) is 37.3 Å². The zero-order chi connectivity index (χ0) is 13.9. The first kappa shape index (κ1) is 14.0. The lowest BCUT2D eigenvalue weighted by molar-refractivity contribution is 0.274. The molecule has 108 valence electrons. The summed E-state index contributed by atoms with van der Waals surface area (Å²) in [7, 11) is 0. The second kappa shape index (κ2) is 6.19. The van der Waals surface area contributed by atoms with Crippen molar-refractivity contribution in [2.45, 2.75) is 39.2 Å². The van der Waals surface area contributed by atoms with Crippen molar-refractivity contribution in [2.75, 3.05) is 6.54 Å². The Bertz CT molecular complexity index is 575. The number of aromatic amines is 1. The molecule has 3 rings (SSSR count). The lowest BCUT2D eigenvalue weighted by Gasteiger charge is -2.26. The molecular formula is C17H23ClN2. The number of nitrogens with one attached hydrogen (secondary N) is 2. The van der Waals surface area contributed by atoms with Crippen LogP contribution >= 0.6 is 11.6 Å². The number of halogens is 1. The molecule has 0 amide bonds. The smallest absolute Gasteiger partial charge is 0.0705 e. The van der Waals surface area contributed by atoms with Crippen LogP contribution in [0, 0.1) is 11.8 Å². The first-order valence-electron chi connectivity index (χ1n) is 7.70. The Labute approximate surface area is 125 Å². The van der Waals surface area contributed by atoms with Crippen LogP contribution in [0.2, 0.25) is 5.02 Å². The summed E-state index contributed by atoms with van der Waals surface area (Å²) in [5.74, 6) is 1.73. The van der Waals surface area contributed by atoms with Crippen molar-refractivity contribution in [1.82, 2.24) is 10.3 Å². The predicted octanol–water partition coefficient (Wildman–Crippen LogP) is 4.74. The van der Waals surface area contributed by atoms with E-state index >= 15 is 0 Å². The van der Waals surface area contributed by atoms with Crippen molar-refractivity contribution in [2.24, 2.45) is 11.8 Å². The first-order valence-corrected chi connectivity index (χ1v) is 8.07. The summed E-state index contributed by atoms with van der Waals surface area (Å²) < 4.78 is 0. The van der Waals surface area contributed by atoms with E-state index in [1.807, 2.05) is 12.1 Å². The van der Waals surface area contributed by atoms with Gasteiger partial charge in [0.25, 0.3) is 0 Å². The van der Waals surface area contributed by atoms with Gasteiger partial charge >= 0.3 is 0 Å². The molecule has 0 saturated heterocycles. The molecule has 1 fully saturated rings. The third kappa shape index (κ3) is 3.02. The van der Waals surface area contributed by atoms with E-state index < -0.39 is 0 Å². The average Bonchev–Trinajstić information content (AvgIpc) is 2.76. The van der Waals surface area contributed by atoms with Crippen molar-refractivity contribution in [3.05, 3.63) is 35.0 Å². The van der Waals surface area contributed by atoms with Crippen molar-refractivity contribution in [3.8, 4) is 0 Å². The zero-order valence-corrected chi connectivity index (χ0v) is 12.8. The minimum absolute atomic E-state index is 0.832. The topological polar surface area (TPSA) is 27.8 Å². The van der Waals surface area contributed by atoms with Gasteiger partial charge in [-0.15, -0.1) is 0 Å². The molecule has 20 heavy (non-hydrogen) atoms. The average molecular weight is 291 g/mol. The second-order valence-electron chi connectivity index (χ2n) is 6.23. The van der Waals surface area contributed by atoms with E-state index in [9.17, 15) is 0 Å². The van der Waals surface area contributed by atoms with Gasteiger partial charge in [-0.3, -0.25) is 0 Å². The summed E-state index contributed by atoms with van der Waals surface area (Å²) in [6.45, 7) is 4.31. The van der Waals surface area contributed by atoms with Crippen LogP contribution in [0.5, 0.6) is 0 Å². The van der Waals surface area contributed by atoms with Gasteiger partial charge in [-0.2, -0.15) is 0 Å². The Hall–Kier alpha value is -0.990. The Balaban J connectivity index is 1.58. The highest BCUT2D eigenvalue weighted by atomic mass is 35.5. The van der Waals surface area contributed by atoms with Gasteiger partial charge in [0.05, 0.1) is 5.02 Å². The molecule has 1 aromatic carbocycles. The normalized spacial score (nSPS) is 23.3. The highest BCUT2D eigenvalue weighted by Gasteiger charge is 2.18. The molecule has 2 atom stereocenters. The number of hydrogen-bond acceptors (Lipinski definition) is 1. The number of rotatable bonds is 4. The van der Waals surface area contributed by atoms with E-state index in [2.05, 4.69) is 29.4 Å². The van der Waals surface area contributed by atoms with Gasteiger partial charge in [0, 0.05) is 23.1 Å². The van der Waals surface area contributed by atoms with Gasteiger partial charge < -0.3 is 10.3 Å². The number of H-pyrrole nitrogens is 1. The van der Waals surface area contributed by atoms with E-state index in [4.69, 9.17) is 11.6 Å². The summed E-state index contributed by atoms with van der Waals surface area (Å²) >= 11 is 6.43. The Morgan fingerprint density at radius 3 is 2.95 bits per heavy atom. The van der Waals surface area contributed by atoms with E-state index in [1.165, 1.54) is 25.7 Å². The molecule has 1 heterocycles. The standard InChI is InChI=1S/C17H23ClN2/c1-12-5-4-6-13(9-12)10-19-11-16-17(18)14-7-2-3-8-15(14)20-16/h2-3,7-8,12-13,19-20H,4-6,9-11H2,1H3. The maximum absolute atomic E-state index is 6.43. The number of fused-ring (bicyclic) bond motifs is 1. The van der Waals surface area contributed by atoms with Crippen LogP contribution in [0.1, 0.15) is 38.3 Å². The number of benzene rings is 1. The molecule has 2 unspecified atom stereocenters. The Morgan fingerprint density at radius 2 is 2.15 bits per heavy atom. The zero-order valence-electron chi connectivity index (χ0n) is 12.1. The minimum Gasteiger partial charge on any atom is -0.356 e. The molecule has 0 spiro atoms. The van der Waals surface area contributed by atoms with E-state index in [1.54, 1.807) is 0 Å². The monoisotopic (exact) mass is 290 g/mol. The molecule has 3 heteroatoms. The molecule has 0 aliphatic heterocycles. The van der Waals surface area contributed by atoms with Gasteiger partial charge in [0.1, 0.15) is 0 Å². The third-order valence-corrected chi connectivity index (χ3v) is 4.93. The van der Waals surface area contributed by atoms with Crippen LogP contribution < -0.4 is 5.32 Å². The lowest BCUT2D eigenvalue weighted by atomic mass is 9.82. The van der Waals surface area contributed by atoms with E-state index in [-0.39, 0.29) is 0 Å². The first-order chi connectivity index (χ1) is 9.74. The van der Waals surface area contributed by atoms with E-state index in [0.29, 0.717) is 0 Å². The molecule has 2 aromatic rings. The maximum Gasteiger partial charge on any atom is 0.0705 e. The maximum atomic E-state index is 6.43. The largest absolute Gasteiger partial charge is 0.356 e. The summed E-state index contributed by atoms with van der Waals surface area (Å²) in [6, 6.07) is 8.21. The number of para-hydroxylation sites is 1. The fraction of sp³-hybridized carbons (Fsp3) is 0.529. The highest BCUT2D eigenvalue weighted by Crippen LogP contribution is 2.29. The summed E-state index contributed by atoms with van der Waals surface area (Å²) in [4.78, 5) is 3.42. The van der Waals surface area contributed by atoms with Crippen molar-refractivity contribution >= 4 is 22.5 Å². The molecule has 2 N–H and O–H groups in total. The SMILES string of the molecule is CC1CCCC(CNCc2[nH]c3ccccc3c2Cl)C1. The van der Waals surface area contributed by atoms with Gasteiger partial charge in [0.15, 0.2) is 0 Å². The molecule has 1 aromatic heterocycles. The van der Waals surface area contributed by atoms with Gasteiger partial charge in [-0.25, -0.2) is 0 Å². The van der Waals surface area contributed by atoms with Crippen molar-refractivity contribution < 1.29 is 0 Å². The minimum atomic E-state index is 0.832.